The summed E-state index contributed by atoms with van der Waals surface area (Å²) in [5, 5.41) is 0. The van der Waals surface area contributed by atoms with Gasteiger partial charge in [0, 0.05) is 39.4 Å². The van der Waals surface area contributed by atoms with E-state index in [4.69, 9.17) is 0 Å². The van der Waals surface area contributed by atoms with E-state index >= 15 is 0 Å². The number of anilines is 6. The molecule has 0 bridgehead atoms. The van der Waals surface area contributed by atoms with Crippen LogP contribution in [0.1, 0.15) is 180 Å². The Balaban J connectivity index is 1.25. The van der Waals surface area contributed by atoms with Crippen molar-refractivity contribution in [1.29, 1.82) is 0 Å². The lowest BCUT2D eigenvalue weighted by Gasteiger charge is -2.48. The van der Waals surface area contributed by atoms with E-state index in [0.717, 1.165) is 12.8 Å². The van der Waals surface area contributed by atoms with Gasteiger partial charge in [-0.15, -0.1) is 0 Å². The number of fused-ring (bicyclic) bond motifs is 6. The van der Waals surface area contributed by atoms with E-state index in [1.54, 1.807) is 0 Å². The second-order valence-electron chi connectivity index (χ2n) is 28.1. The minimum absolute atomic E-state index is 0.0185. The Kier molecular flexibility index (Phi) is 11.8. The first kappa shape index (κ1) is 51.2. The quantitative estimate of drug-likeness (QED) is 0.147. The van der Waals surface area contributed by atoms with Crippen molar-refractivity contribution >= 4 is 57.2 Å². The first-order valence-electron chi connectivity index (χ1n) is 29.0. The van der Waals surface area contributed by atoms with Gasteiger partial charge < -0.3 is 9.80 Å². The summed E-state index contributed by atoms with van der Waals surface area (Å²) in [5.74, 6) is 0.277. The van der Waals surface area contributed by atoms with Crippen LogP contribution in [-0.2, 0) is 32.5 Å². The zero-order valence-electron chi connectivity index (χ0n) is 49.0. The molecule has 8 aromatic rings. The van der Waals surface area contributed by atoms with Crippen molar-refractivity contribution in [3.8, 4) is 22.3 Å². The fourth-order valence-corrected chi connectivity index (χ4v) is 14.2. The van der Waals surface area contributed by atoms with Crippen LogP contribution in [0.4, 0.5) is 34.1 Å². The molecule has 0 amide bonds. The van der Waals surface area contributed by atoms with Crippen molar-refractivity contribution in [2.24, 2.45) is 0 Å². The summed E-state index contributed by atoms with van der Waals surface area (Å²) in [6, 6.07) is 64.4. The molecule has 0 fully saturated rings. The third-order valence-electron chi connectivity index (χ3n) is 19.4. The number of rotatable bonds is 7. The summed E-state index contributed by atoms with van der Waals surface area (Å²) in [4.78, 5) is 5.45. The van der Waals surface area contributed by atoms with E-state index in [1.807, 2.05) is 0 Å². The maximum atomic E-state index is 2.74. The van der Waals surface area contributed by atoms with Crippen LogP contribution in [0.5, 0.6) is 0 Å². The van der Waals surface area contributed by atoms with Crippen LogP contribution in [0, 0.1) is 0 Å². The summed E-state index contributed by atoms with van der Waals surface area (Å²) in [7, 11) is 0. The molecule has 2 aliphatic carbocycles. The molecular weight excluding hydrogens is 928 g/mol. The van der Waals surface area contributed by atoms with Crippen molar-refractivity contribution < 1.29 is 0 Å². The molecule has 0 radical (unpaired) electrons. The maximum absolute atomic E-state index is 2.74. The molecule has 0 aromatic heterocycles. The van der Waals surface area contributed by atoms with E-state index < -0.39 is 0 Å². The molecular formula is C74H81BN2. The molecule has 12 rings (SSSR count). The molecule has 2 aliphatic heterocycles. The first-order valence-corrected chi connectivity index (χ1v) is 29.0. The van der Waals surface area contributed by atoms with Crippen LogP contribution >= 0.6 is 0 Å². The largest absolute Gasteiger partial charge is 0.311 e. The van der Waals surface area contributed by atoms with Crippen molar-refractivity contribution in [2.45, 2.75) is 168 Å². The van der Waals surface area contributed by atoms with Gasteiger partial charge in [-0.2, -0.15) is 0 Å². The normalized spacial score (nSPS) is 17.5. The summed E-state index contributed by atoms with van der Waals surface area (Å²) in [5.41, 5.74) is 27.8. The highest BCUT2D eigenvalue weighted by molar-refractivity contribution is 7.00. The Morgan fingerprint density at radius 2 is 0.922 bits per heavy atom. The average molecular weight is 1010 g/mol. The van der Waals surface area contributed by atoms with Crippen LogP contribution < -0.4 is 26.2 Å². The number of hydrogen-bond acceptors (Lipinski definition) is 2. The highest BCUT2D eigenvalue weighted by Crippen LogP contribution is 2.55. The van der Waals surface area contributed by atoms with Gasteiger partial charge in [0.15, 0.2) is 0 Å². The van der Waals surface area contributed by atoms with Crippen molar-refractivity contribution in [3.05, 3.63) is 208 Å². The standard InChI is InChI=1S/C74H81BN2/c1-47(2)50-39-66-68-67(40-50)77(64-44-54(48-25-19-16-20-26-48)57(69(3,4)5)43-55(64)49-27-21-17-22-28-49)63-34-31-52(74(14,15)51-29-23-18-24-30-51)41-61(63)75(68)62-45-59-60(73(12,13)38-37-72(59,10)11)46-65(62)76(66)53-32-33-56-58(42-53)71(8,9)36-35-70(56,6)7/h16-34,39-47H,35-38H2,1-15H3. The molecule has 0 saturated heterocycles. The number of benzene rings is 8. The highest BCUT2D eigenvalue weighted by Gasteiger charge is 2.48. The Morgan fingerprint density at radius 3 is 1.49 bits per heavy atom. The Bertz CT molecular complexity index is 3620. The summed E-state index contributed by atoms with van der Waals surface area (Å²) < 4.78 is 0. The number of hydrogen-bond donors (Lipinski definition) is 0. The van der Waals surface area contributed by atoms with Gasteiger partial charge in [0.25, 0.3) is 6.71 Å². The molecule has 8 aromatic carbocycles. The van der Waals surface area contributed by atoms with Crippen molar-refractivity contribution in [1.82, 2.24) is 0 Å². The molecule has 3 heteroatoms. The van der Waals surface area contributed by atoms with Crippen molar-refractivity contribution in [2.75, 3.05) is 9.80 Å². The molecule has 4 aliphatic rings. The lowest BCUT2D eigenvalue weighted by Crippen LogP contribution is -2.62. The zero-order valence-corrected chi connectivity index (χ0v) is 49.0. The Morgan fingerprint density at radius 1 is 0.416 bits per heavy atom. The van der Waals surface area contributed by atoms with Crippen LogP contribution in [-0.4, -0.2) is 6.71 Å². The van der Waals surface area contributed by atoms with Crippen molar-refractivity contribution in [3.63, 3.8) is 0 Å². The Hall–Kier alpha value is -6.58. The average Bonchev–Trinajstić information content (AvgIpc) is 3.61. The molecule has 2 heterocycles. The number of nitrogens with zero attached hydrogens (tertiary/aromatic N) is 2. The highest BCUT2D eigenvalue weighted by atomic mass is 15.2. The van der Waals surface area contributed by atoms with E-state index in [1.165, 1.54) is 130 Å². The van der Waals surface area contributed by atoms with Crippen LogP contribution in [0.2, 0.25) is 0 Å². The fraction of sp³-hybridized carbons (Fsp3) is 0.351. The first-order chi connectivity index (χ1) is 36.4. The molecule has 77 heavy (non-hydrogen) atoms. The third kappa shape index (κ3) is 8.26. The smallest absolute Gasteiger partial charge is 0.252 e. The summed E-state index contributed by atoms with van der Waals surface area (Å²) in [6.07, 6.45) is 4.67. The van der Waals surface area contributed by atoms with Gasteiger partial charge in [-0.3, -0.25) is 0 Å². The molecule has 0 saturated carbocycles. The second-order valence-corrected chi connectivity index (χ2v) is 28.1. The van der Waals surface area contributed by atoms with Gasteiger partial charge in [-0.05, 0) is 185 Å². The van der Waals surface area contributed by atoms with Gasteiger partial charge in [0.2, 0.25) is 0 Å². The van der Waals surface area contributed by atoms with Gasteiger partial charge in [-0.1, -0.05) is 219 Å². The third-order valence-corrected chi connectivity index (χ3v) is 19.4. The van der Waals surface area contributed by atoms with Gasteiger partial charge in [0.1, 0.15) is 0 Å². The lowest BCUT2D eigenvalue weighted by atomic mass is 9.32. The monoisotopic (exact) mass is 1010 g/mol. The molecule has 390 valence electrons. The zero-order chi connectivity index (χ0) is 54.4. The molecule has 0 spiro atoms. The predicted octanol–water partition coefficient (Wildman–Crippen LogP) is 18.5. The molecule has 2 nitrogen and oxygen atoms in total. The molecule has 0 atom stereocenters. The topological polar surface area (TPSA) is 6.48 Å². The maximum Gasteiger partial charge on any atom is 0.252 e. The van der Waals surface area contributed by atoms with E-state index in [-0.39, 0.29) is 45.1 Å². The van der Waals surface area contributed by atoms with Gasteiger partial charge in [-0.25, -0.2) is 0 Å². The summed E-state index contributed by atoms with van der Waals surface area (Å²) in [6.45, 7) is 36.6. The van der Waals surface area contributed by atoms with Gasteiger partial charge in [0.05, 0.1) is 5.69 Å². The van der Waals surface area contributed by atoms with E-state index in [0.29, 0.717) is 0 Å². The minimum Gasteiger partial charge on any atom is -0.311 e. The lowest BCUT2D eigenvalue weighted by molar-refractivity contribution is 0.332. The SMILES string of the molecule is CC(C)c1cc2c3c(c1)N(c1cc(-c4ccccc4)c(C(C)(C)C)cc1-c1ccccc1)c1ccc(C(C)(C)c4ccccc4)cc1B3c1cc3c(cc1N2c1ccc2c(c1)C(C)(C)CCC2(C)C)C(C)(C)CCC3(C)C. The van der Waals surface area contributed by atoms with E-state index in [2.05, 4.69) is 277 Å². The molecule has 0 unspecified atom stereocenters. The fourth-order valence-electron chi connectivity index (χ4n) is 14.2. The predicted molar refractivity (Wildman–Crippen MR) is 333 cm³/mol. The van der Waals surface area contributed by atoms with Crippen LogP contribution in [0.25, 0.3) is 22.3 Å². The second kappa shape index (κ2) is 17.7. The minimum atomic E-state index is -0.259. The van der Waals surface area contributed by atoms with E-state index in [9.17, 15) is 0 Å². The van der Waals surface area contributed by atoms with Crippen LogP contribution in [0.15, 0.2) is 164 Å². The molecule has 0 N–H and O–H groups in total. The Labute approximate surface area is 463 Å². The van der Waals surface area contributed by atoms with Crippen LogP contribution in [0.3, 0.4) is 0 Å². The summed E-state index contributed by atoms with van der Waals surface area (Å²) >= 11 is 0. The van der Waals surface area contributed by atoms with Gasteiger partial charge >= 0.3 is 0 Å².